The van der Waals surface area contributed by atoms with Crippen molar-refractivity contribution >= 4 is 23.6 Å². The molecule has 0 bridgehead atoms. The molecule has 2 N–H and O–H groups in total. The average Bonchev–Trinajstić information content (AvgIpc) is 3.25. The van der Waals surface area contributed by atoms with E-state index in [1.807, 2.05) is 13.8 Å². The van der Waals surface area contributed by atoms with E-state index in [2.05, 4.69) is 15.8 Å². The van der Waals surface area contributed by atoms with Crippen molar-refractivity contribution in [1.29, 1.82) is 0 Å². The maximum absolute atomic E-state index is 11.6. The van der Waals surface area contributed by atoms with E-state index in [-0.39, 0.29) is 17.7 Å². The minimum absolute atomic E-state index is 0.0209. The minimum atomic E-state index is -0.0209. The van der Waals surface area contributed by atoms with Crippen LogP contribution in [0.3, 0.4) is 0 Å². The van der Waals surface area contributed by atoms with Gasteiger partial charge in [0.25, 0.3) is 0 Å². The molecule has 7 heteroatoms. The molecule has 1 aromatic rings. The van der Waals surface area contributed by atoms with E-state index >= 15 is 0 Å². The number of nitrogens with zero attached hydrogens (tertiary/aromatic N) is 1. The number of aryl methyl sites for hydroxylation is 2. The third kappa shape index (κ3) is 5.08. The van der Waals surface area contributed by atoms with Crippen LogP contribution in [-0.4, -0.2) is 35.8 Å². The van der Waals surface area contributed by atoms with Gasteiger partial charge in [0.2, 0.25) is 11.8 Å². The summed E-state index contributed by atoms with van der Waals surface area (Å²) >= 11 is 1.53. The molecular weight excluding hydrogens is 290 g/mol. The second-order valence-corrected chi connectivity index (χ2v) is 6.20. The molecule has 1 fully saturated rings. The third-order valence-corrected chi connectivity index (χ3v) is 4.31. The summed E-state index contributed by atoms with van der Waals surface area (Å²) in [5, 5.41) is 9.49. The van der Waals surface area contributed by atoms with Gasteiger partial charge in [-0.25, -0.2) is 0 Å². The van der Waals surface area contributed by atoms with Crippen LogP contribution < -0.4 is 10.6 Å². The van der Waals surface area contributed by atoms with Crippen molar-refractivity contribution in [2.45, 2.75) is 32.4 Å². The number of hydrogen-bond donors (Lipinski definition) is 2. The fourth-order valence-corrected chi connectivity index (χ4v) is 2.89. The van der Waals surface area contributed by atoms with Crippen LogP contribution in [0.5, 0.6) is 0 Å². The van der Waals surface area contributed by atoms with Crippen molar-refractivity contribution in [3.05, 3.63) is 17.0 Å². The number of rotatable bonds is 8. The van der Waals surface area contributed by atoms with Gasteiger partial charge in [0.05, 0.1) is 11.4 Å². The zero-order valence-electron chi connectivity index (χ0n) is 12.4. The summed E-state index contributed by atoms with van der Waals surface area (Å²) in [5.74, 6) is 2.21. The monoisotopic (exact) mass is 311 g/mol. The van der Waals surface area contributed by atoms with E-state index in [1.165, 1.54) is 11.8 Å². The Morgan fingerprint density at radius 3 is 2.62 bits per heavy atom. The van der Waals surface area contributed by atoms with Gasteiger partial charge in [-0.15, -0.1) is 11.8 Å². The van der Waals surface area contributed by atoms with Crippen molar-refractivity contribution in [3.8, 4) is 0 Å². The summed E-state index contributed by atoms with van der Waals surface area (Å²) < 4.78 is 5.07. The fraction of sp³-hybridized carbons (Fsp3) is 0.643. The fourth-order valence-electron chi connectivity index (χ4n) is 1.88. The normalized spacial score (nSPS) is 14.0. The van der Waals surface area contributed by atoms with Gasteiger partial charge >= 0.3 is 0 Å². The highest BCUT2D eigenvalue weighted by Gasteiger charge is 2.28. The first kappa shape index (κ1) is 15.9. The van der Waals surface area contributed by atoms with Crippen LogP contribution in [0.25, 0.3) is 0 Å². The van der Waals surface area contributed by atoms with Crippen LogP contribution in [-0.2, 0) is 15.3 Å². The molecule has 1 aromatic heterocycles. The van der Waals surface area contributed by atoms with Gasteiger partial charge < -0.3 is 15.2 Å². The lowest BCUT2D eigenvalue weighted by atomic mass is 10.2. The Balaban J connectivity index is 1.54. The molecular formula is C14H21N3O3S. The Kier molecular flexibility index (Phi) is 5.67. The predicted molar refractivity (Wildman–Crippen MR) is 80.9 cm³/mol. The predicted octanol–water partition coefficient (Wildman–Crippen LogP) is 1.17. The molecule has 0 aliphatic heterocycles. The molecule has 1 saturated carbocycles. The zero-order chi connectivity index (χ0) is 15.2. The zero-order valence-corrected chi connectivity index (χ0v) is 13.2. The topological polar surface area (TPSA) is 84.2 Å². The maximum Gasteiger partial charge on any atom is 0.230 e. The largest absolute Gasteiger partial charge is 0.361 e. The number of carbonyl (C=O) groups is 2. The first-order valence-corrected chi connectivity index (χ1v) is 8.27. The Hall–Kier alpha value is -1.50. The Morgan fingerprint density at radius 2 is 2.00 bits per heavy atom. The molecule has 116 valence electrons. The van der Waals surface area contributed by atoms with Crippen molar-refractivity contribution in [1.82, 2.24) is 15.8 Å². The maximum atomic E-state index is 11.6. The smallest absolute Gasteiger partial charge is 0.230 e. The van der Waals surface area contributed by atoms with Crippen LogP contribution >= 0.6 is 11.8 Å². The van der Waals surface area contributed by atoms with E-state index in [1.54, 1.807) is 0 Å². The Bertz CT molecular complexity index is 492. The summed E-state index contributed by atoms with van der Waals surface area (Å²) in [6.45, 7) is 4.74. The summed E-state index contributed by atoms with van der Waals surface area (Å²) in [6.07, 6.45) is 1.99. The first-order valence-electron chi connectivity index (χ1n) is 7.12. The number of hydrogen-bond acceptors (Lipinski definition) is 5. The van der Waals surface area contributed by atoms with Gasteiger partial charge in [-0.1, -0.05) is 5.16 Å². The van der Waals surface area contributed by atoms with Gasteiger partial charge in [-0.2, -0.15) is 0 Å². The van der Waals surface area contributed by atoms with Crippen molar-refractivity contribution in [2.75, 3.05) is 18.8 Å². The number of nitrogens with one attached hydrogen (secondary N) is 2. The van der Waals surface area contributed by atoms with Gasteiger partial charge in [0, 0.05) is 30.3 Å². The Labute approximate surface area is 128 Å². The molecule has 2 rings (SSSR count). The average molecular weight is 311 g/mol. The lowest BCUT2D eigenvalue weighted by Gasteiger charge is -2.06. The molecule has 1 aliphatic rings. The van der Waals surface area contributed by atoms with Gasteiger partial charge in [0.15, 0.2) is 0 Å². The summed E-state index contributed by atoms with van der Waals surface area (Å²) in [4.78, 5) is 23.0. The lowest BCUT2D eigenvalue weighted by molar-refractivity contribution is -0.123. The van der Waals surface area contributed by atoms with Crippen LogP contribution in [0, 0.1) is 19.8 Å². The van der Waals surface area contributed by atoms with E-state index in [0.717, 1.165) is 29.9 Å². The highest BCUT2D eigenvalue weighted by molar-refractivity contribution is 7.99. The van der Waals surface area contributed by atoms with E-state index in [0.29, 0.717) is 24.6 Å². The third-order valence-electron chi connectivity index (χ3n) is 3.36. The van der Waals surface area contributed by atoms with Gasteiger partial charge in [-0.05, 0) is 26.7 Å². The summed E-state index contributed by atoms with van der Waals surface area (Å²) in [6, 6.07) is 0. The summed E-state index contributed by atoms with van der Waals surface area (Å²) in [5.41, 5.74) is 1.94. The second-order valence-electron chi connectivity index (χ2n) is 5.21. The molecule has 0 unspecified atom stereocenters. The number of amides is 2. The Morgan fingerprint density at radius 1 is 1.29 bits per heavy atom. The molecule has 2 amide bonds. The molecule has 1 aliphatic carbocycles. The molecule has 0 saturated heterocycles. The van der Waals surface area contributed by atoms with Crippen LogP contribution in [0.15, 0.2) is 4.52 Å². The molecule has 1 heterocycles. The quantitative estimate of drug-likeness (QED) is 0.704. The van der Waals surface area contributed by atoms with Gasteiger partial charge in [0.1, 0.15) is 5.76 Å². The molecule has 0 radical (unpaired) electrons. The molecule has 0 aromatic carbocycles. The van der Waals surface area contributed by atoms with E-state index in [9.17, 15) is 9.59 Å². The standard InChI is InChI=1S/C14H21N3O3S/c1-9-12(10(2)20-17-9)7-21-8-13(18)15-5-6-16-14(19)11-3-4-11/h11H,3-8H2,1-2H3,(H,15,18)(H,16,19). The molecule has 6 nitrogen and oxygen atoms in total. The number of aromatic nitrogens is 1. The van der Waals surface area contributed by atoms with Crippen molar-refractivity contribution < 1.29 is 14.1 Å². The molecule has 0 atom stereocenters. The SMILES string of the molecule is Cc1noc(C)c1CSCC(=O)NCCNC(=O)C1CC1. The molecule has 21 heavy (non-hydrogen) atoms. The van der Waals surface area contributed by atoms with E-state index < -0.39 is 0 Å². The highest BCUT2D eigenvalue weighted by atomic mass is 32.2. The lowest BCUT2D eigenvalue weighted by Crippen LogP contribution is -2.36. The number of carbonyl (C=O) groups excluding carboxylic acids is 2. The van der Waals surface area contributed by atoms with Crippen molar-refractivity contribution in [3.63, 3.8) is 0 Å². The first-order chi connectivity index (χ1) is 10.1. The second kappa shape index (κ2) is 7.49. The van der Waals surface area contributed by atoms with E-state index in [4.69, 9.17) is 4.52 Å². The molecule has 0 spiro atoms. The van der Waals surface area contributed by atoms with Gasteiger partial charge in [-0.3, -0.25) is 9.59 Å². The van der Waals surface area contributed by atoms with Crippen LogP contribution in [0.1, 0.15) is 29.9 Å². The van der Waals surface area contributed by atoms with Crippen molar-refractivity contribution in [2.24, 2.45) is 5.92 Å². The van der Waals surface area contributed by atoms with Crippen LogP contribution in [0.2, 0.25) is 0 Å². The highest BCUT2D eigenvalue weighted by Crippen LogP contribution is 2.28. The minimum Gasteiger partial charge on any atom is -0.361 e. The van der Waals surface area contributed by atoms with Crippen LogP contribution in [0.4, 0.5) is 0 Å². The number of thioether (sulfide) groups is 1. The summed E-state index contributed by atoms with van der Waals surface area (Å²) in [7, 11) is 0.